The lowest BCUT2D eigenvalue weighted by molar-refractivity contribution is 0.0899. The van der Waals surface area contributed by atoms with Crippen LogP contribution in [0.5, 0.6) is 0 Å². The molecule has 4 aromatic rings. The molecule has 4 N–H and O–H groups in total. The standard InChI is InChI=1S/C26H32N6O3S/c1-5-19-22(25(35)29-17(14-33)11-15(2)3)32-10-6-7-18(23(32)30-19)24(34)28-13-16-8-9-20-21(12-16)36-26(27-4)31-20/h6-10,12,15,17,33H,5,11,13-14H2,1-4H3,(H,27,31)(H,28,34)(H,29,35)/t17-/m0/s1. The van der Waals surface area contributed by atoms with Crippen molar-refractivity contribution >= 4 is 44.1 Å². The van der Waals surface area contributed by atoms with Crippen molar-refractivity contribution in [3.05, 3.63) is 59.0 Å². The monoisotopic (exact) mass is 508 g/mol. The Bertz CT molecular complexity index is 1390. The number of aryl methyl sites for hydroxylation is 1. The number of carbonyl (C=O) groups excluding carboxylic acids is 2. The van der Waals surface area contributed by atoms with Crippen molar-refractivity contribution in [2.24, 2.45) is 5.92 Å². The summed E-state index contributed by atoms with van der Waals surface area (Å²) >= 11 is 1.56. The molecular formula is C26H32N6O3S. The number of carbonyl (C=O) groups is 2. The fourth-order valence-electron chi connectivity index (χ4n) is 4.24. The summed E-state index contributed by atoms with van der Waals surface area (Å²) in [4.78, 5) is 35.5. The summed E-state index contributed by atoms with van der Waals surface area (Å²) in [6.45, 7) is 6.22. The SMILES string of the molecule is CCc1nc2c(C(=O)NCc3ccc4nc(NC)sc4c3)cccn2c1C(=O)N[C@H](CO)CC(C)C. The van der Waals surface area contributed by atoms with Gasteiger partial charge in [-0.2, -0.15) is 0 Å². The number of hydrogen-bond donors (Lipinski definition) is 4. The maximum absolute atomic E-state index is 13.2. The number of amides is 2. The number of thiazole rings is 1. The predicted octanol–water partition coefficient (Wildman–Crippen LogP) is 3.61. The van der Waals surface area contributed by atoms with Gasteiger partial charge in [0.1, 0.15) is 5.69 Å². The first-order chi connectivity index (χ1) is 17.3. The molecule has 0 aliphatic heterocycles. The molecule has 2 amide bonds. The molecule has 0 bridgehead atoms. The number of nitrogens with zero attached hydrogens (tertiary/aromatic N) is 3. The van der Waals surface area contributed by atoms with Crippen LogP contribution in [0.3, 0.4) is 0 Å². The van der Waals surface area contributed by atoms with E-state index in [2.05, 4.69) is 25.9 Å². The van der Waals surface area contributed by atoms with E-state index in [0.717, 1.165) is 20.9 Å². The van der Waals surface area contributed by atoms with E-state index in [1.54, 1.807) is 34.1 Å². The molecule has 10 heteroatoms. The van der Waals surface area contributed by atoms with Gasteiger partial charge in [-0.15, -0.1) is 0 Å². The number of aliphatic hydroxyl groups excluding tert-OH is 1. The lowest BCUT2D eigenvalue weighted by atomic mass is 10.0. The Morgan fingerprint density at radius 1 is 1.17 bits per heavy atom. The van der Waals surface area contributed by atoms with Gasteiger partial charge in [-0.1, -0.05) is 38.2 Å². The normalized spacial score (nSPS) is 12.3. The molecule has 0 saturated heterocycles. The highest BCUT2D eigenvalue weighted by molar-refractivity contribution is 7.22. The van der Waals surface area contributed by atoms with E-state index in [4.69, 9.17) is 0 Å². The van der Waals surface area contributed by atoms with Crippen LogP contribution in [0.15, 0.2) is 36.5 Å². The number of imidazole rings is 1. The van der Waals surface area contributed by atoms with Gasteiger partial charge in [0, 0.05) is 19.8 Å². The molecule has 0 fully saturated rings. The first kappa shape index (κ1) is 25.6. The van der Waals surface area contributed by atoms with Crippen LogP contribution >= 0.6 is 11.3 Å². The van der Waals surface area contributed by atoms with Crippen molar-refractivity contribution in [2.45, 2.75) is 46.2 Å². The van der Waals surface area contributed by atoms with E-state index < -0.39 is 0 Å². The number of nitrogens with one attached hydrogen (secondary N) is 3. The zero-order valence-corrected chi connectivity index (χ0v) is 21.8. The minimum Gasteiger partial charge on any atom is -0.394 e. The second-order valence-corrected chi connectivity index (χ2v) is 10.1. The minimum atomic E-state index is -0.348. The van der Waals surface area contributed by atoms with Gasteiger partial charge in [0.25, 0.3) is 11.8 Å². The highest BCUT2D eigenvalue weighted by atomic mass is 32.1. The Balaban J connectivity index is 1.56. The number of pyridine rings is 1. The summed E-state index contributed by atoms with van der Waals surface area (Å²) in [5.74, 6) is -0.253. The van der Waals surface area contributed by atoms with Crippen molar-refractivity contribution < 1.29 is 14.7 Å². The molecule has 4 rings (SSSR count). The average molecular weight is 509 g/mol. The number of anilines is 1. The van der Waals surface area contributed by atoms with E-state index in [0.29, 0.717) is 47.9 Å². The van der Waals surface area contributed by atoms with Gasteiger partial charge in [-0.3, -0.25) is 14.0 Å². The van der Waals surface area contributed by atoms with E-state index in [1.165, 1.54) is 0 Å². The van der Waals surface area contributed by atoms with Crippen molar-refractivity contribution in [2.75, 3.05) is 19.0 Å². The predicted molar refractivity (Wildman–Crippen MR) is 143 cm³/mol. The summed E-state index contributed by atoms with van der Waals surface area (Å²) in [5.41, 5.74) is 3.69. The minimum absolute atomic E-state index is 0.140. The molecule has 0 aliphatic carbocycles. The van der Waals surface area contributed by atoms with Crippen LogP contribution in [0.2, 0.25) is 0 Å². The van der Waals surface area contributed by atoms with Crippen LogP contribution in [0.4, 0.5) is 5.13 Å². The van der Waals surface area contributed by atoms with Crippen molar-refractivity contribution in [3.8, 4) is 0 Å². The highest BCUT2D eigenvalue weighted by Crippen LogP contribution is 2.26. The van der Waals surface area contributed by atoms with Crippen molar-refractivity contribution in [3.63, 3.8) is 0 Å². The largest absolute Gasteiger partial charge is 0.394 e. The molecule has 190 valence electrons. The molecule has 1 atom stereocenters. The van der Waals surface area contributed by atoms with Crippen LogP contribution in [-0.4, -0.2) is 51.0 Å². The molecular weight excluding hydrogens is 476 g/mol. The molecule has 1 aromatic carbocycles. The van der Waals surface area contributed by atoms with Gasteiger partial charge in [0.2, 0.25) is 0 Å². The van der Waals surface area contributed by atoms with Crippen molar-refractivity contribution in [1.29, 1.82) is 0 Å². The number of aromatic nitrogens is 3. The van der Waals surface area contributed by atoms with Crippen LogP contribution < -0.4 is 16.0 Å². The summed E-state index contributed by atoms with van der Waals surface area (Å²) < 4.78 is 2.71. The molecule has 0 spiro atoms. The summed E-state index contributed by atoms with van der Waals surface area (Å²) in [6, 6.07) is 9.01. The zero-order chi connectivity index (χ0) is 25.8. The van der Waals surface area contributed by atoms with Crippen LogP contribution in [0.25, 0.3) is 15.9 Å². The maximum atomic E-state index is 13.2. The first-order valence-electron chi connectivity index (χ1n) is 12.1. The van der Waals surface area contributed by atoms with E-state index in [9.17, 15) is 14.7 Å². The zero-order valence-electron chi connectivity index (χ0n) is 21.0. The Hall–Kier alpha value is -3.50. The number of rotatable bonds is 10. The fourth-order valence-corrected chi connectivity index (χ4v) is 5.13. The Morgan fingerprint density at radius 2 is 1.97 bits per heavy atom. The topological polar surface area (TPSA) is 121 Å². The number of benzene rings is 1. The number of fused-ring (bicyclic) bond motifs is 2. The Morgan fingerprint density at radius 3 is 2.67 bits per heavy atom. The third kappa shape index (κ3) is 5.34. The molecule has 0 radical (unpaired) electrons. The van der Waals surface area contributed by atoms with Crippen LogP contribution in [0, 0.1) is 5.92 Å². The lowest BCUT2D eigenvalue weighted by Gasteiger charge is -2.18. The van der Waals surface area contributed by atoms with E-state index in [-0.39, 0.29) is 24.5 Å². The van der Waals surface area contributed by atoms with Crippen LogP contribution in [-0.2, 0) is 13.0 Å². The summed E-state index contributed by atoms with van der Waals surface area (Å²) in [5, 5.41) is 19.5. The second-order valence-electron chi connectivity index (χ2n) is 9.11. The first-order valence-corrected chi connectivity index (χ1v) is 12.9. The lowest BCUT2D eigenvalue weighted by Crippen LogP contribution is -2.39. The number of hydrogen-bond acceptors (Lipinski definition) is 7. The summed E-state index contributed by atoms with van der Waals surface area (Å²) in [6.07, 6.45) is 2.93. The van der Waals surface area contributed by atoms with E-state index in [1.807, 2.05) is 46.0 Å². The third-order valence-electron chi connectivity index (χ3n) is 5.95. The molecule has 0 saturated carbocycles. The molecule has 0 unspecified atom stereocenters. The van der Waals surface area contributed by atoms with Gasteiger partial charge in [0.15, 0.2) is 10.8 Å². The second kappa shape index (κ2) is 11.0. The fraction of sp³-hybridized carbons (Fsp3) is 0.385. The smallest absolute Gasteiger partial charge is 0.270 e. The van der Waals surface area contributed by atoms with Gasteiger partial charge in [-0.05, 0) is 48.6 Å². The van der Waals surface area contributed by atoms with E-state index >= 15 is 0 Å². The molecule has 3 heterocycles. The summed E-state index contributed by atoms with van der Waals surface area (Å²) in [7, 11) is 1.84. The van der Waals surface area contributed by atoms with Crippen molar-refractivity contribution in [1.82, 2.24) is 25.0 Å². The number of aliphatic hydroxyl groups is 1. The highest BCUT2D eigenvalue weighted by Gasteiger charge is 2.24. The van der Waals surface area contributed by atoms with Gasteiger partial charge < -0.3 is 21.1 Å². The third-order valence-corrected chi connectivity index (χ3v) is 6.98. The van der Waals surface area contributed by atoms with Gasteiger partial charge in [0.05, 0.1) is 34.1 Å². The molecule has 9 nitrogen and oxygen atoms in total. The quantitative estimate of drug-likeness (QED) is 0.260. The Labute approximate surface area is 214 Å². The maximum Gasteiger partial charge on any atom is 0.270 e. The Kier molecular flexibility index (Phi) is 7.85. The van der Waals surface area contributed by atoms with Crippen LogP contribution in [0.1, 0.15) is 59.3 Å². The molecule has 3 aromatic heterocycles. The van der Waals surface area contributed by atoms with Gasteiger partial charge >= 0.3 is 0 Å². The molecule has 36 heavy (non-hydrogen) atoms. The van der Waals surface area contributed by atoms with Gasteiger partial charge in [-0.25, -0.2) is 9.97 Å². The molecule has 0 aliphatic rings. The average Bonchev–Trinajstić information content (AvgIpc) is 3.46.